The van der Waals surface area contributed by atoms with Crippen LogP contribution < -0.4 is 5.32 Å². The molecule has 1 rings (SSSR count). The highest BCUT2D eigenvalue weighted by Crippen LogP contribution is 2.16. The minimum atomic E-state index is -0.295. The molecule has 0 saturated carbocycles. The van der Waals surface area contributed by atoms with Crippen molar-refractivity contribution in [1.82, 2.24) is 0 Å². The molecule has 0 aliphatic carbocycles. The van der Waals surface area contributed by atoms with Gasteiger partial charge in [-0.3, -0.25) is 0 Å². The van der Waals surface area contributed by atoms with Crippen LogP contribution in [0.25, 0.3) is 0 Å². The highest BCUT2D eigenvalue weighted by Gasteiger charge is 2.09. The Morgan fingerprint density at radius 2 is 2.18 bits per heavy atom. The van der Waals surface area contributed by atoms with Crippen LogP contribution in [0.5, 0.6) is 0 Å². The van der Waals surface area contributed by atoms with Crippen LogP contribution in [0.3, 0.4) is 0 Å². The van der Waals surface area contributed by atoms with Crippen LogP contribution in [0, 0.1) is 0 Å². The molecule has 1 aromatic carbocycles. The third-order valence-electron chi connectivity index (χ3n) is 2.32. The van der Waals surface area contributed by atoms with Crippen LogP contribution in [0.1, 0.15) is 23.7 Å². The second-order valence-electron chi connectivity index (χ2n) is 3.51. The van der Waals surface area contributed by atoms with Gasteiger partial charge in [-0.2, -0.15) is 11.8 Å². The van der Waals surface area contributed by atoms with Gasteiger partial charge in [-0.25, -0.2) is 4.79 Å². The van der Waals surface area contributed by atoms with E-state index in [0.29, 0.717) is 5.56 Å². The summed E-state index contributed by atoms with van der Waals surface area (Å²) in [6.07, 6.45) is 1.09. The summed E-state index contributed by atoms with van der Waals surface area (Å²) in [5, 5.41) is 3.27. The first-order valence-electron chi connectivity index (χ1n) is 5.78. The van der Waals surface area contributed by atoms with Crippen molar-refractivity contribution in [3.8, 4) is 0 Å². The lowest BCUT2D eigenvalue weighted by molar-refractivity contribution is 0.0602. The van der Waals surface area contributed by atoms with Crippen LogP contribution in [0.2, 0.25) is 0 Å². The fourth-order valence-corrected chi connectivity index (χ4v) is 2.10. The maximum atomic E-state index is 11.5. The quantitative estimate of drug-likeness (QED) is 0.599. The van der Waals surface area contributed by atoms with E-state index in [1.54, 1.807) is 6.07 Å². The van der Waals surface area contributed by atoms with E-state index in [1.807, 2.05) is 30.0 Å². The number of rotatable bonds is 7. The second kappa shape index (κ2) is 8.01. The standard InChI is InChI=1S/C13H19NO2S/c1-3-17-10-6-9-14-12-8-5-4-7-11(12)13(15)16-2/h4-5,7-8,14H,3,6,9-10H2,1-2H3. The number of hydrogen-bond donors (Lipinski definition) is 1. The molecule has 0 fully saturated rings. The van der Waals surface area contributed by atoms with Gasteiger partial charge in [0, 0.05) is 12.2 Å². The molecule has 0 bridgehead atoms. The van der Waals surface area contributed by atoms with Gasteiger partial charge in [0.1, 0.15) is 0 Å². The first kappa shape index (κ1) is 13.9. The van der Waals surface area contributed by atoms with Gasteiger partial charge in [-0.05, 0) is 30.1 Å². The zero-order valence-corrected chi connectivity index (χ0v) is 11.2. The Labute approximate surface area is 107 Å². The van der Waals surface area contributed by atoms with Crippen molar-refractivity contribution in [3.05, 3.63) is 29.8 Å². The van der Waals surface area contributed by atoms with Crippen LogP contribution in [-0.2, 0) is 4.74 Å². The molecule has 17 heavy (non-hydrogen) atoms. The number of carbonyl (C=O) groups is 1. The van der Waals surface area contributed by atoms with Crippen molar-refractivity contribution in [2.75, 3.05) is 30.5 Å². The van der Waals surface area contributed by atoms with Crippen molar-refractivity contribution in [1.29, 1.82) is 0 Å². The summed E-state index contributed by atoms with van der Waals surface area (Å²) >= 11 is 1.93. The van der Waals surface area contributed by atoms with Crippen molar-refractivity contribution in [3.63, 3.8) is 0 Å². The van der Waals surface area contributed by atoms with Gasteiger partial charge < -0.3 is 10.1 Å². The van der Waals surface area contributed by atoms with Gasteiger partial charge in [0.05, 0.1) is 12.7 Å². The molecular weight excluding hydrogens is 234 g/mol. The smallest absolute Gasteiger partial charge is 0.339 e. The Morgan fingerprint density at radius 3 is 2.88 bits per heavy atom. The molecule has 1 aromatic rings. The van der Waals surface area contributed by atoms with Crippen LogP contribution in [-0.4, -0.2) is 31.1 Å². The molecule has 0 aromatic heterocycles. The van der Waals surface area contributed by atoms with Crippen LogP contribution in [0.4, 0.5) is 5.69 Å². The zero-order chi connectivity index (χ0) is 12.5. The third kappa shape index (κ3) is 4.69. The Hall–Kier alpha value is -1.16. The SMILES string of the molecule is CCSCCCNc1ccccc1C(=O)OC. The summed E-state index contributed by atoms with van der Waals surface area (Å²) in [6.45, 7) is 3.03. The lowest BCUT2D eigenvalue weighted by atomic mass is 10.2. The van der Waals surface area contributed by atoms with E-state index in [0.717, 1.165) is 30.2 Å². The number of benzene rings is 1. The van der Waals surface area contributed by atoms with Gasteiger partial charge in [0.25, 0.3) is 0 Å². The normalized spacial score (nSPS) is 10.0. The fourth-order valence-electron chi connectivity index (χ4n) is 1.47. The number of esters is 1. The van der Waals surface area contributed by atoms with Gasteiger partial charge in [-0.15, -0.1) is 0 Å². The highest BCUT2D eigenvalue weighted by atomic mass is 32.2. The number of para-hydroxylation sites is 1. The van der Waals surface area contributed by atoms with E-state index < -0.39 is 0 Å². The second-order valence-corrected chi connectivity index (χ2v) is 4.91. The maximum absolute atomic E-state index is 11.5. The molecule has 94 valence electrons. The molecule has 4 heteroatoms. The molecule has 0 aliphatic rings. The fraction of sp³-hybridized carbons (Fsp3) is 0.462. The van der Waals surface area contributed by atoms with Crippen molar-refractivity contribution >= 4 is 23.4 Å². The summed E-state index contributed by atoms with van der Waals surface area (Å²) < 4.78 is 4.74. The topological polar surface area (TPSA) is 38.3 Å². The molecular formula is C13H19NO2S. The number of methoxy groups -OCH3 is 1. The molecule has 0 radical (unpaired) electrons. The summed E-state index contributed by atoms with van der Waals surface area (Å²) in [7, 11) is 1.40. The van der Waals surface area contributed by atoms with Gasteiger partial charge in [-0.1, -0.05) is 19.1 Å². The molecule has 1 N–H and O–H groups in total. The summed E-state index contributed by atoms with van der Waals surface area (Å²) in [5.41, 5.74) is 1.44. The van der Waals surface area contributed by atoms with Crippen LogP contribution in [0.15, 0.2) is 24.3 Å². The number of nitrogens with one attached hydrogen (secondary N) is 1. The van der Waals surface area contributed by atoms with Gasteiger partial charge in [0.15, 0.2) is 0 Å². The van der Waals surface area contributed by atoms with E-state index >= 15 is 0 Å². The van der Waals surface area contributed by atoms with E-state index in [4.69, 9.17) is 4.74 Å². The molecule has 3 nitrogen and oxygen atoms in total. The predicted molar refractivity (Wildman–Crippen MR) is 73.9 cm³/mol. The van der Waals surface area contributed by atoms with Gasteiger partial charge >= 0.3 is 5.97 Å². The lowest BCUT2D eigenvalue weighted by Gasteiger charge is -2.10. The number of anilines is 1. The van der Waals surface area contributed by atoms with E-state index in [-0.39, 0.29) is 5.97 Å². The monoisotopic (exact) mass is 253 g/mol. The maximum Gasteiger partial charge on any atom is 0.339 e. The highest BCUT2D eigenvalue weighted by molar-refractivity contribution is 7.99. The summed E-state index contributed by atoms with van der Waals surface area (Å²) in [5.74, 6) is 2.00. The van der Waals surface area contributed by atoms with Gasteiger partial charge in [0.2, 0.25) is 0 Å². The van der Waals surface area contributed by atoms with Crippen molar-refractivity contribution in [2.45, 2.75) is 13.3 Å². The molecule has 0 atom stereocenters. The summed E-state index contributed by atoms with van der Waals surface area (Å²) in [4.78, 5) is 11.5. The Balaban J connectivity index is 2.49. The first-order valence-corrected chi connectivity index (χ1v) is 6.94. The largest absolute Gasteiger partial charge is 0.465 e. The molecule has 0 unspecified atom stereocenters. The predicted octanol–water partition coefficient (Wildman–Crippen LogP) is 3.03. The number of hydrogen-bond acceptors (Lipinski definition) is 4. The number of carbonyl (C=O) groups excluding carboxylic acids is 1. The number of ether oxygens (including phenoxy) is 1. The van der Waals surface area contributed by atoms with E-state index in [9.17, 15) is 4.79 Å². The Morgan fingerprint density at radius 1 is 1.41 bits per heavy atom. The Kier molecular flexibility index (Phi) is 6.55. The zero-order valence-electron chi connectivity index (χ0n) is 10.4. The first-order chi connectivity index (χ1) is 8.29. The molecule has 0 spiro atoms. The molecule has 0 saturated heterocycles. The molecule has 0 amide bonds. The average Bonchev–Trinajstić information content (AvgIpc) is 2.38. The lowest BCUT2D eigenvalue weighted by Crippen LogP contribution is -2.09. The van der Waals surface area contributed by atoms with Crippen LogP contribution >= 0.6 is 11.8 Å². The van der Waals surface area contributed by atoms with Crippen molar-refractivity contribution < 1.29 is 9.53 Å². The molecule has 0 heterocycles. The van der Waals surface area contributed by atoms with Crippen molar-refractivity contribution in [2.24, 2.45) is 0 Å². The van der Waals surface area contributed by atoms with E-state index in [1.165, 1.54) is 7.11 Å². The third-order valence-corrected chi connectivity index (χ3v) is 3.30. The van der Waals surface area contributed by atoms with E-state index in [2.05, 4.69) is 12.2 Å². The Bertz CT molecular complexity index is 355. The number of thioether (sulfide) groups is 1. The minimum absolute atomic E-state index is 0.295. The average molecular weight is 253 g/mol. The summed E-state index contributed by atoms with van der Waals surface area (Å²) in [6, 6.07) is 7.42. The minimum Gasteiger partial charge on any atom is -0.465 e. The molecule has 0 aliphatic heterocycles.